The number of aromatic amines is 1. The van der Waals surface area contributed by atoms with Gasteiger partial charge in [0.2, 0.25) is 0 Å². The minimum atomic E-state index is -0.669. The van der Waals surface area contributed by atoms with Crippen LogP contribution in [0.4, 0.5) is 0 Å². The standard InChI is InChI=1S/C21H22N2O5/c1-27-16-11-14-15(12-17(16)28-2)23-21(26)18(19(14)24)20(25)22-10-6-9-13-7-4-3-5-8-13/h3-5,7-8,11-12H,6,9-10H2,1-2H3,(H,22,25)(H2,23,24,26). The van der Waals surface area contributed by atoms with Crippen molar-refractivity contribution < 1.29 is 19.4 Å². The van der Waals surface area contributed by atoms with Crippen LogP contribution < -0.4 is 20.3 Å². The van der Waals surface area contributed by atoms with Crippen LogP contribution in [0.2, 0.25) is 0 Å². The van der Waals surface area contributed by atoms with Crippen molar-refractivity contribution >= 4 is 16.8 Å². The number of fused-ring (bicyclic) bond motifs is 1. The number of carbonyl (C=O) groups excluding carboxylic acids is 1. The maximum absolute atomic E-state index is 12.5. The van der Waals surface area contributed by atoms with Gasteiger partial charge >= 0.3 is 0 Å². The first kappa shape index (κ1) is 19.3. The van der Waals surface area contributed by atoms with E-state index in [1.54, 1.807) is 0 Å². The Morgan fingerprint density at radius 3 is 2.46 bits per heavy atom. The Bertz CT molecular complexity index is 1040. The van der Waals surface area contributed by atoms with Crippen LogP contribution in [0.15, 0.2) is 47.3 Å². The van der Waals surface area contributed by atoms with Gasteiger partial charge in [-0.15, -0.1) is 0 Å². The Morgan fingerprint density at radius 2 is 1.79 bits per heavy atom. The Kier molecular flexibility index (Phi) is 5.84. The van der Waals surface area contributed by atoms with Crippen molar-refractivity contribution in [3.63, 3.8) is 0 Å². The molecule has 0 unspecified atom stereocenters. The van der Waals surface area contributed by atoms with Gasteiger partial charge in [0, 0.05) is 18.0 Å². The summed E-state index contributed by atoms with van der Waals surface area (Å²) in [5.74, 6) is -0.224. The topological polar surface area (TPSA) is 101 Å². The largest absolute Gasteiger partial charge is 0.506 e. The number of aryl methyl sites for hydroxylation is 1. The second-order valence-electron chi connectivity index (χ2n) is 6.28. The highest BCUT2D eigenvalue weighted by Crippen LogP contribution is 2.35. The van der Waals surface area contributed by atoms with E-state index in [-0.39, 0.29) is 11.3 Å². The van der Waals surface area contributed by atoms with Crippen LogP contribution in [0, 0.1) is 0 Å². The van der Waals surface area contributed by atoms with E-state index in [1.807, 2.05) is 30.3 Å². The van der Waals surface area contributed by atoms with E-state index in [4.69, 9.17) is 9.47 Å². The van der Waals surface area contributed by atoms with Crippen LogP contribution >= 0.6 is 0 Å². The van der Waals surface area contributed by atoms with Crippen LogP contribution in [-0.2, 0) is 6.42 Å². The molecule has 0 bridgehead atoms. The lowest BCUT2D eigenvalue weighted by Gasteiger charge is -2.12. The third-order valence-electron chi connectivity index (χ3n) is 4.49. The molecule has 0 fully saturated rings. The fourth-order valence-corrected chi connectivity index (χ4v) is 3.04. The molecule has 1 heterocycles. The van der Waals surface area contributed by atoms with Gasteiger partial charge in [-0.2, -0.15) is 0 Å². The molecule has 0 radical (unpaired) electrons. The molecule has 1 aromatic heterocycles. The second-order valence-corrected chi connectivity index (χ2v) is 6.28. The van der Waals surface area contributed by atoms with Gasteiger partial charge in [0.05, 0.1) is 19.7 Å². The Hall–Kier alpha value is -3.48. The van der Waals surface area contributed by atoms with E-state index in [2.05, 4.69) is 10.3 Å². The van der Waals surface area contributed by atoms with Crippen molar-refractivity contribution in [2.24, 2.45) is 0 Å². The highest BCUT2D eigenvalue weighted by molar-refractivity contribution is 6.02. The van der Waals surface area contributed by atoms with Crippen molar-refractivity contribution in [3.8, 4) is 17.2 Å². The van der Waals surface area contributed by atoms with E-state index in [9.17, 15) is 14.7 Å². The van der Waals surface area contributed by atoms with Gasteiger partial charge in [-0.05, 0) is 24.5 Å². The Balaban J connectivity index is 1.79. The molecule has 3 N–H and O–H groups in total. The summed E-state index contributed by atoms with van der Waals surface area (Å²) in [4.78, 5) is 27.4. The third-order valence-corrected chi connectivity index (χ3v) is 4.49. The van der Waals surface area contributed by atoms with Crippen molar-refractivity contribution in [3.05, 3.63) is 63.9 Å². The molecule has 0 aliphatic rings. The number of amides is 1. The van der Waals surface area contributed by atoms with Crippen LogP contribution in [-0.4, -0.2) is 36.8 Å². The first-order valence-corrected chi connectivity index (χ1v) is 8.88. The molecule has 7 nitrogen and oxygen atoms in total. The molecule has 0 atom stereocenters. The van der Waals surface area contributed by atoms with Crippen molar-refractivity contribution in [1.29, 1.82) is 0 Å². The number of rotatable bonds is 7. The number of H-pyrrole nitrogens is 1. The minimum Gasteiger partial charge on any atom is -0.506 e. The fraction of sp³-hybridized carbons (Fsp3) is 0.238. The zero-order valence-electron chi connectivity index (χ0n) is 15.7. The number of benzene rings is 2. The van der Waals surface area contributed by atoms with Gasteiger partial charge in [0.25, 0.3) is 11.5 Å². The number of hydrogen-bond acceptors (Lipinski definition) is 5. The van der Waals surface area contributed by atoms with E-state index in [0.717, 1.165) is 6.42 Å². The number of pyridine rings is 1. The molecule has 0 aliphatic heterocycles. The van der Waals surface area contributed by atoms with Gasteiger partial charge in [-0.3, -0.25) is 9.59 Å². The number of aromatic nitrogens is 1. The van der Waals surface area contributed by atoms with Gasteiger partial charge in [0.1, 0.15) is 11.3 Å². The zero-order chi connectivity index (χ0) is 20.1. The number of methoxy groups -OCH3 is 2. The smallest absolute Gasteiger partial charge is 0.265 e. The molecule has 0 aliphatic carbocycles. The molecule has 3 rings (SSSR count). The molecular formula is C21H22N2O5. The van der Waals surface area contributed by atoms with E-state index in [0.29, 0.717) is 35.4 Å². The summed E-state index contributed by atoms with van der Waals surface area (Å²) in [6.45, 7) is 0.385. The molecule has 0 saturated carbocycles. The SMILES string of the molecule is COc1cc2[nH]c(=O)c(C(=O)NCCCc3ccccc3)c(O)c2cc1OC. The molecule has 3 aromatic rings. The highest BCUT2D eigenvalue weighted by Gasteiger charge is 2.20. The van der Waals surface area contributed by atoms with Gasteiger partial charge < -0.3 is 24.9 Å². The Labute approximate surface area is 161 Å². The first-order chi connectivity index (χ1) is 13.5. The molecule has 2 aromatic carbocycles. The maximum atomic E-state index is 12.5. The summed E-state index contributed by atoms with van der Waals surface area (Å²) in [6, 6.07) is 13.0. The third kappa shape index (κ3) is 3.93. The normalized spacial score (nSPS) is 10.6. The number of nitrogens with one attached hydrogen (secondary N) is 2. The summed E-state index contributed by atoms with van der Waals surface area (Å²) in [5.41, 5.74) is 0.530. The van der Waals surface area contributed by atoms with Crippen LogP contribution in [0.25, 0.3) is 10.9 Å². The number of hydrogen-bond donors (Lipinski definition) is 3. The molecule has 0 saturated heterocycles. The highest BCUT2D eigenvalue weighted by atomic mass is 16.5. The van der Waals surface area contributed by atoms with Crippen molar-refractivity contribution in [1.82, 2.24) is 10.3 Å². The lowest BCUT2D eigenvalue weighted by molar-refractivity contribution is 0.0949. The number of carbonyl (C=O) groups is 1. The minimum absolute atomic E-state index is 0.298. The molecule has 146 valence electrons. The van der Waals surface area contributed by atoms with Crippen molar-refractivity contribution in [2.45, 2.75) is 12.8 Å². The molecular weight excluding hydrogens is 360 g/mol. The van der Waals surface area contributed by atoms with Crippen LogP contribution in [0.1, 0.15) is 22.3 Å². The summed E-state index contributed by atoms with van der Waals surface area (Å²) in [5, 5.41) is 13.5. The van der Waals surface area contributed by atoms with E-state index < -0.39 is 11.5 Å². The summed E-state index contributed by atoms with van der Waals surface area (Å²) in [6.07, 6.45) is 1.52. The van der Waals surface area contributed by atoms with E-state index in [1.165, 1.54) is 31.9 Å². The average Bonchev–Trinajstić information content (AvgIpc) is 2.71. The Morgan fingerprint density at radius 1 is 1.11 bits per heavy atom. The predicted octanol–water partition coefficient (Wildman–Crippen LogP) is 2.61. The number of aromatic hydroxyl groups is 1. The maximum Gasteiger partial charge on any atom is 0.265 e. The van der Waals surface area contributed by atoms with Gasteiger partial charge in [-0.25, -0.2) is 0 Å². The van der Waals surface area contributed by atoms with Crippen LogP contribution in [0.3, 0.4) is 0 Å². The molecule has 1 amide bonds. The van der Waals surface area contributed by atoms with Gasteiger partial charge in [-0.1, -0.05) is 30.3 Å². The molecule has 28 heavy (non-hydrogen) atoms. The average molecular weight is 382 g/mol. The second kappa shape index (κ2) is 8.47. The zero-order valence-corrected chi connectivity index (χ0v) is 15.7. The van der Waals surface area contributed by atoms with Crippen molar-refractivity contribution in [2.75, 3.05) is 20.8 Å². The molecule has 0 spiro atoms. The summed E-state index contributed by atoms with van der Waals surface area (Å²) in [7, 11) is 2.94. The predicted molar refractivity (Wildman–Crippen MR) is 106 cm³/mol. The number of ether oxygens (including phenoxy) is 2. The first-order valence-electron chi connectivity index (χ1n) is 8.88. The van der Waals surface area contributed by atoms with E-state index >= 15 is 0 Å². The quantitative estimate of drug-likeness (QED) is 0.546. The fourth-order valence-electron chi connectivity index (χ4n) is 3.04. The molecule has 7 heteroatoms. The van der Waals surface area contributed by atoms with Gasteiger partial charge in [0.15, 0.2) is 11.5 Å². The summed E-state index contributed by atoms with van der Waals surface area (Å²) >= 11 is 0. The monoisotopic (exact) mass is 382 g/mol. The van der Waals surface area contributed by atoms with Crippen LogP contribution in [0.5, 0.6) is 17.2 Å². The summed E-state index contributed by atoms with van der Waals surface area (Å²) < 4.78 is 10.4. The lowest BCUT2D eigenvalue weighted by atomic mass is 10.1. The lowest BCUT2D eigenvalue weighted by Crippen LogP contribution is -2.30.